The summed E-state index contributed by atoms with van der Waals surface area (Å²) in [6.07, 6.45) is 17.6. The number of carbonyl (C=O) groups excluding carboxylic acids is 1. The summed E-state index contributed by atoms with van der Waals surface area (Å²) in [5.41, 5.74) is 0. The van der Waals surface area contributed by atoms with Gasteiger partial charge in [0.05, 0.1) is 12.7 Å². The van der Waals surface area contributed by atoms with Crippen LogP contribution >= 0.6 is 8.03 Å². The smallest absolute Gasteiger partial charge is 0.321 e. The van der Waals surface area contributed by atoms with Gasteiger partial charge in [0.25, 0.3) is 0 Å². The lowest BCUT2D eigenvalue weighted by Crippen LogP contribution is -2.37. The van der Waals surface area contributed by atoms with E-state index in [2.05, 4.69) is 6.92 Å². The number of unbranched alkanes of at least 4 members (excludes halogenated alkanes) is 7. The van der Waals surface area contributed by atoms with Crippen molar-refractivity contribution in [1.29, 1.82) is 0 Å². The summed E-state index contributed by atoms with van der Waals surface area (Å²) >= 11 is 0. The van der Waals surface area contributed by atoms with Gasteiger partial charge in [-0.15, -0.1) is 0 Å². The molecule has 5 heteroatoms. The Kier molecular flexibility index (Phi) is 14.2. The lowest BCUT2D eigenvalue weighted by molar-refractivity contribution is -0.146. The number of hydrogen-bond donors (Lipinski definition) is 0. The van der Waals surface area contributed by atoms with Crippen molar-refractivity contribution in [3.05, 3.63) is 0 Å². The summed E-state index contributed by atoms with van der Waals surface area (Å²) < 4.78 is 24.4. The van der Waals surface area contributed by atoms with Crippen LogP contribution in [0.4, 0.5) is 0 Å². The molecule has 0 bridgehead atoms. The Morgan fingerprint density at radius 3 is 2.17 bits per heavy atom. The fraction of sp³-hybridized carbons (Fsp3) is 0.958. The molecule has 0 aromatic rings. The molecule has 1 saturated carbocycles. The van der Waals surface area contributed by atoms with Gasteiger partial charge in [0, 0.05) is 0 Å². The third-order valence-corrected chi connectivity index (χ3v) is 8.30. The van der Waals surface area contributed by atoms with Crippen molar-refractivity contribution in [2.45, 2.75) is 135 Å². The minimum atomic E-state index is -2.53. The van der Waals surface area contributed by atoms with Crippen LogP contribution in [0.15, 0.2) is 0 Å². The van der Waals surface area contributed by atoms with Crippen LogP contribution in [0.2, 0.25) is 0 Å². The summed E-state index contributed by atoms with van der Waals surface area (Å²) in [6, 6.07) is 0. The lowest BCUT2D eigenvalue weighted by atomic mass is 9.83. The van der Waals surface area contributed by atoms with E-state index in [9.17, 15) is 9.36 Å². The van der Waals surface area contributed by atoms with Gasteiger partial charge >= 0.3 is 5.97 Å². The number of hydrogen-bond acceptors (Lipinski definition) is 4. The number of esters is 1. The van der Waals surface area contributed by atoms with E-state index in [0.717, 1.165) is 25.7 Å². The van der Waals surface area contributed by atoms with Crippen LogP contribution in [0.25, 0.3) is 0 Å². The number of rotatable bonds is 16. The molecule has 1 rings (SSSR count). The van der Waals surface area contributed by atoms with E-state index in [4.69, 9.17) is 9.26 Å². The molecule has 0 aromatic carbocycles. The molecular weight excluding hydrogens is 383 g/mol. The Morgan fingerprint density at radius 2 is 1.59 bits per heavy atom. The molecule has 4 nitrogen and oxygen atoms in total. The Balaban J connectivity index is 2.44. The average molecular weight is 431 g/mol. The van der Waals surface area contributed by atoms with E-state index in [1.165, 1.54) is 64.2 Å². The zero-order chi connectivity index (χ0) is 21.5. The second-order valence-corrected chi connectivity index (χ2v) is 11.2. The molecule has 172 valence electrons. The Bertz CT molecular complexity index is 462. The molecule has 29 heavy (non-hydrogen) atoms. The summed E-state index contributed by atoms with van der Waals surface area (Å²) in [4.78, 5) is 12.7. The highest BCUT2D eigenvalue weighted by Gasteiger charge is 2.44. The van der Waals surface area contributed by atoms with Gasteiger partial charge in [-0.05, 0) is 39.5 Å². The van der Waals surface area contributed by atoms with Gasteiger partial charge in [0.1, 0.15) is 5.16 Å². The largest absolute Gasteiger partial charge is 0.465 e. The number of ether oxygens (including phenoxy) is 1. The summed E-state index contributed by atoms with van der Waals surface area (Å²) in [5.74, 6) is 0.118. The van der Waals surface area contributed by atoms with Crippen LogP contribution < -0.4 is 0 Å². The van der Waals surface area contributed by atoms with Gasteiger partial charge in [-0.3, -0.25) is 9.36 Å². The molecule has 0 aliphatic heterocycles. The van der Waals surface area contributed by atoms with Gasteiger partial charge in [0.2, 0.25) is 8.03 Å². The Morgan fingerprint density at radius 1 is 1.00 bits per heavy atom. The van der Waals surface area contributed by atoms with Crippen molar-refractivity contribution >= 4 is 14.0 Å². The SMILES string of the molecule is CCCCCCCCCCC(C)O[PH](=O)C(C)(CC1CCCCC1)C(=O)OCC. The van der Waals surface area contributed by atoms with E-state index in [-0.39, 0.29) is 12.1 Å². The first kappa shape index (κ1) is 26.7. The van der Waals surface area contributed by atoms with Crippen molar-refractivity contribution in [3.63, 3.8) is 0 Å². The second-order valence-electron chi connectivity index (χ2n) is 9.24. The van der Waals surface area contributed by atoms with E-state index >= 15 is 0 Å². The van der Waals surface area contributed by atoms with Gasteiger partial charge < -0.3 is 9.26 Å². The molecule has 0 amide bonds. The van der Waals surface area contributed by atoms with Crippen LogP contribution in [0.5, 0.6) is 0 Å². The first-order valence-electron chi connectivity index (χ1n) is 12.3. The maximum Gasteiger partial charge on any atom is 0.321 e. The van der Waals surface area contributed by atoms with Gasteiger partial charge in [-0.2, -0.15) is 0 Å². The predicted octanol–water partition coefficient (Wildman–Crippen LogP) is 7.69. The van der Waals surface area contributed by atoms with E-state index in [0.29, 0.717) is 18.9 Å². The van der Waals surface area contributed by atoms with Crippen LogP contribution in [-0.2, 0) is 18.6 Å². The van der Waals surface area contributed by atoms with Crippen LogP contribution in [0.3, 0.4) is 0 Å². The van der Waals surface area contributed by atoms with Crippen molar-refractivity contribution < 1.29 is 18.6 Å². The molecule has 1 fully saturated rings. The Hall–Kier alpha value is -0.340. The van der Waals surface area contributed by atoms with E-state index < -0.39 is 13.2 Å². The first-order chi connectivity index (χ1) is 13.9. The van der Waals surface area contributed by atoms with Crippen LogP contribution in [0, 0.1) is 5.92 Å². The highest BCUT2D eigenvalue weighted by Crippen LogP contribution is 2.48. The molecule has 1 aliphatic carbocycles. The second kappa shape index (κ2) is 15.5. The topological polar surface area (TPSA) is 52.6 Å². The van der Waals surface area contributed by atoms with Gasteiger partial charge in [-0.1, -0.05) is 90.4 Å². The maximum atomic E-state index is 13.2. The minimum absolute atomic E-state index is 0.0680. The zero-order valence-electron chi connectivity index (χ0n) is 19.6. The molecule has 0 heterocycles. The zero-order valence-corrected chi connectivity index (χ0v) is 20.6. The summed E-state index contributed by atoms with van der Waals surface area (Å²) in [7, 11) is -2.53. The Labute approximate surface area is 180 Å². The molecule has 1 aliphatic rings. The third-order valence-electron chi connectivity index (χ3n) is 6.37. The standard InChI is InChI=1S/C24H47O4P/c1-5-7-8-9-10-11-12-14-17-21(3)28-29(26)24(4,23(25)27-6-2)20-22-18-15-13-16-19-22/h21-22,29H,5-20H2,1-4H3. The van der Waals surface area contributed by atoms with Crippen molar-refractivity contribution in [3.8, 4) is 0 Å². The monoisotopic (exact) mass is 430 g/mol. The molecule has 3 unspecified atom stereocenters. The maximum absolute atomic E-state index is 13.2. The fourth-order valence-corrected chi connectivity index (χ4v) is 5.88. The lowest BCUT2D eigenvalue weighted by Gasteiger charge is -2.33. The van der Waals surface area contributed by atoms with Crippen LogP contribution in [-0.4, -0.2) is 23.8 Å². The quantitative estimate of drug-likeness (QED) is 0.143. The molecular formula is C24H47O4P. The highest BCUT2D eigenvalue weighted by atomic mass is 31.1. The summed E-state index contributed by atoms with van der Waals surface area (Å²) in [6.45, 7) is 8.18. The normalized spacial score (nSPS) is 19.4. The molecule has 0 saturated heterocycles. The van der Waals surface area contributed by atoms with Crippen molar-refractivity contribution in [1.82, 2.24) is 0 Å². The van der Waals surface area contributed by atoms with E-state index in [1.54, 1.807) is 0 Å². The molecule has 0 N–H and O–H groups in total. The molecule has 0 spiro atoms. The highest BCUT2D eigenvalue weighted by molar-refractivity contribution is 7.42. The van der Waals surface area contributed by atoms with Gasteiger partial charge in [0.15, 0.2) is 0 Å². The van der Waals surface area contributed by atoms with Crippen molar-refractivity contribution in [2.75, 3.05) is 6.61 Å². The molecule has 3 atom stereocenters. The van der Waals surface area contributed by atoms with E-state index in [1.807, 2.05) is 20.8 Å². The fourth-order valence-electron chi connectivity index (χ4n) is 4.45. The number of carbonyl (C=O) groups is 1. The van der Waals surface area contributed by atoms with Crippen molar-refractivity contribution in [2.24, 2.45) is 5.92 Å². The van der Waals surface area contributed by atoms with Gasteiger partial charge in [-0.25, -0.2) is 0 Å². The predicted molar refractivity (Wildman–Crippen MR) is 123 cm³/mol. The molecule has 0 aromatic heterocycles. The molecule has 0 radical (unpaired) electrons. The summed E-state index contributed by atoms with van der Waals surface area (Å²) in [5, 5.41) is -0.990. The van der Waals surface area contributed by atoms with Crippen LogP contribution in [0.1, 0.15) is 124 Å². The average Bonchev–Trinajstić information content (AvgIpc) is 2.70. The third kappa shape index (κ3) is 10.5. The first-order valence-corrected chi connectivity index (χ1v) is 13.6. The minimum Gasteiger partial charge on any atom is -0.465 e.